The van der Waals surface area contributed by atoms with Gasteiger partial charge in [-0.15, -0.1) is 0 Å². The number of rotatable bonds is 8. The third-order valence-electron chi connectivity index (χ3n) is 6.54. The number of aliphatic hydroxyl groups is 1. The summed E-state index contributed by atoms with van der Waals surface area (Å²) in [7, 11) is 1.52. The standard InChI is InChI=1S/C25H28F2N4O4/c1-33-24-3-2-20-25(30-24)17(19(27)12-29-20)4-5-31-13-16(21(32)14-31)11-28-10-15-8-22-23(9-18(15)26)35-7-6-34-22/h2-3,8-9,12,16,21,28,32H,4-7,10-11,13-14H2,1H3/t16-,21+/m0/s1. The van der Waals surface area contributed by atoms with Gasteiger partial charge in [-0.3, -0.25) is 4.98 Å². The van der Waals surface area contributed by atoms with E-state index in [0.29, 0.717) is 91.9 Å². The summed E-state index contributed by atoms with van der Waals surface area (Å²) < 4.78 is 45.1. The largest absolute Gasteiger partial charge is 0.486 e. The number of aromatic nitrogens is 2. The number of likely N-dealkylation sites (tertiary alicyclic amines) is 1. The molecule has 0 aliphatic carbocycles. The number of nitrogens with one attached hydrogen (secondary N) is 1. The second kappa shape index (κ2) is 10.3. The molecule has 186 valence electrons. The summed E-state index contributed by atoms with van der Waals surface area (Å²) in [5.41, 5.74) is 2.07. The number of hydrogen-bond acceptors (Lipinski definition) is 8. The normalized spacial score (nSPS) is 19.9. The Labute approximate surface area is 201 Å². The highest BCUT2D eigenvalue weighted by molar-refractivity contribution is 5.78. The van der Waals surface area contributed by atoms with Crippen LogP contribution in [0.15, 0.2) is 30.5 Å². The van der Waals surface area contributed by atoms with Crippen LogP contribution in [0.2, 0.25) is 0 Å². The van der Waals surface area contributed by atoms with Crippen LogP contribution in [0.25, 0.3) is 11.0 Å². The third-order valence-corrected chi connectivity index (χ3v) is 6.54. The van der Waals surface area contributed by atoms with Crippen molar-refractivity contribution in [3.63, 3.8) is 0 Å². The van der Waals surface area contributed by atoms with Gasteiger partial charge >= 0.3 is 0 Å². The van der Waals surface area contributed by atoms with Gasteiger partial charge in [0.15, 0.2) is 11.5 Å². The van der Waals surface area contributed by atoms with E-state index < -0.39 is 11.9 Å². The number of fused-ring (bicyclic) bond motifs is 2. The van der Waals surface area contributed by atoms with E-state index in [4.69, 9.17) is 14.2 Å². The fraction of sp³-hybridized carbons (Fsp3) is 0.440. The lowest BCUT2D eigenvalue weighted by molar-refractivity contribution is 0.140. The number of aliphatic hydroxyl groups excluding tert-OH is 1. The number of halogens is 2. The van der Waals surface area contributed by atoms with Crippen molar-refractivity contribution in [2.75, 3.05) is 46.5 Å². The van der Waals surface area contributed by atoms with Crippen molar-refractivity contribution < 1.29 is 28.1 Å². The minimum Gasteiger partial charge on any atom is -0.486 e. The molecule has 5 rings (SSSR count). The Morgan fingerprint density at radius 2 is 1.94 bits per heavy atom. The summed E-state index contributed by atoms with van der Waals surface area (Å²) in [6, 6.07) is 6.47. The van der Waals surface area contributed by atoms with E-state index in [1.54, 1.807) is 18.2 Å². The predicted molar refractivity (Wildman–Crippen MR) is 125 cm³/mol. The number of ether oxygens (including phenoxy) is 3. The first kappa shape index (κ1) is 23.7. The molecule has 3 aromatic rings. The van der Waals surface area contributed by atoms with Crippen LogP contribution in [0, 0.1) is 17.6 Å². The first-order chi connectivity index (χ1) is 17.0. The number of hydrogen-bond donors (Lipinski definition) is 2. The average Bonchev–Trinajstić information content (AvgIpc) is 3.22. The molecule has 2 aliphatic heterocycles. The van der Waals surface area contributed by atoms with Crippen molar-refractivity contribution >= 4 is 11.0 Å². The molecule has 1 aromatic carbocycles. The van der Waals surface area contributed by atoms with Crippen molar-refractivity contribution in [1.29, 1.82) is 0 Å². The quantitative estimate of drug-likeness (QED) is 0.502. The molecule has 10 heteroatoms. The molecule has 0 saturated carbocycles. The molecule has 4 heterocycles. The first-order valence-electron chi connectivity index (χ1n) is 11.7. The number of benzene rings is 1. The van der Waals surface area contributed by atoms with Crippen LogP contribution in [0.5, 0.6) is 17.4 Å². The van der Waals surface area contributed by atoms with Crippen LogP contribution in [0.4, 0.5) is 8.78 Å². The molecule has 0 bridgehead atoms. The lowest BCUT2D eigenvalue weighted by Gasteiger charge is -2.20. The summed E-state index contributed by atoms with van der Waals surface area (Å²) in [5.74, 6) is 0.594. The third kappa shape index (κ3) is 5.14. The van der Waals surface area contributed by atoms with Gasteiger partial charge in [0.05, 0.1) is 30.4 Å². The van der Waals surface area contributed by atoms with Crippen LogP contribution in [-0.4, -0.2) is 72.6 Å². The monoisotopic (exact) mass is 486 g/mol. The maximum absolute atomic E-state index is 14.6. The van der Waals surface area contributed by atoms with E-state index >= 15 is 0 Å². The second-order valence-electron chi connectivity index (χ2n) is 8.86. The molecule has 0 radical (unpaired) electrons. The van der Waals surface area contributed by atoms with E-state index in [1.165, 1.54) is 19.4 Å². The van der Waals surface area contributed by atoms with Crippen molar-refractivity contribution in [3.05, 3.63) is 53.2 Å². The van der Waals surface area contributed by atoms with Crippen LogP contribution in [0.1, 0.15) is 11.1 Å². The van der Waals surface area contributed by atoms with Crippen molar-refractivity contribution in [1.82, 2.24) is 20.2 Å². The zero-order valence-electron chi connectivity index (χ0n) is 19.5. The molecular weight excluding hydrogens is 458 g/mol. The lowest BCUT2D eigenvalue weighted by atomic mass is 10.1. The lowest BCUT2D eigenvalue weighted by Crippen LogP contribution is -2.30. The molecule has 0 unspecified atom stereocenters. The Balaban J connectivity index is 1.17. The summed E-state index contributed by atoms with van der Waals surface area (Å²) >= 11 is 0. The number of β-amino-alcohol motifs (C(OH)–C–C–N with tert-alkyl or cyclic N) is 1. The number of nitrogens with zero attached hydrogens (tertiary/aromatic N) is 3. The van der Waals surface area contributed by atoms with E-state index in [-0.39, 0.29) is 11.7 Å². The van der Waals surface area contributed by atoms with Crippen molar-refractivity contribution in [3.8, 4) is 17.4 Å². The maximum atomic E-state index is 14.6. The fourth-order valence-corrected chi connectivity index (χ4v) is 4.66. The average molecular weight is 487 g/mol. The van der Waals surface area contributed by atoms with Crippen molar-refractivity contribution in [2.24, 2.45) is 5.92 Å². The smallest absolute Gasteiger partial charge is 0.213 e. The Bertz CT molecular complexity index is 1210. The molecule has 0 spiro atoms. The van der Waals surface area contributed by atoms with Crippen molar-refractivity contribution in [2.45, 2.75) is 19.1 Å². The van der Waals surface area contributed by atoms with Gasteiger partial charge in [0, 0.05) is 61.9 Å². The van der Waals surface area contributed by atoms with Gasteiger partial charge in [0.2, 0.25) is 5.88 Å². The van der Waals surface area contributed by atoms with Gasteiger partial charge < -0.3 is 29.5 Å². The van der Waals surface area contributed by atoms with E-state index in [9.17, 15) is 13.9 Å². The molecule has 2 atom stereocenters. The summed E-state index contributed by atoms with van der Waals surface area (Å²) in [4.78, 5) is 10.6. The van der Waals surface area contributed by atoms with Gasteiger partial charge in [0.25, 0.3) is 0 Å². The zero-order valence-corrected chi connectivity index (χ0v) is 19.5. The maximum Gasteiger partial charge on any atom is 0.213 e. The zero-order chi connectivity index (χ0) is 24.4. The highest BCUT2D eigenvalue weighted by Gasteiger charge is 2.31. The minimum absolute atomic E-state index is 0.0208. The topological polar surface area (TPSA) is 89.0 Å². The molecule has 2 aromatic heterocycles. The molecule has 2 aliphatic rings. The Morgan fingerprint density at radius 3 is 2.74 bits per heavy atom. The molecule has 1 saturated heterocycles. The first-order valence-corrected chi connectivity index (χ1v) is 11.7. The van der Waals surface area contributed by atoms with E-state index in [0.717, 1.165) is 0 Å². The minimum atomic E-state index is -0.523. The fourth-order valence-electron chi connectivity index (χ4n) is 4.66. The Hall–Kier alpha value is -3.08. The SMILES string of the molecule is COc1ccc2ncc(F)c(CCN3C[C@H](CNCc4cc5c(cc4F)OCCO5)[C@H](O)C3)c2n1. The number of pyridine rings is 2. The molecule has 2 N–H and O–H groups in total. The molecule has 35 heavy (non-hydrogen) atoms. The van der Waals surface area contributed by atoms with Gasteiger partial charge in [-0.25, -0.2) is 13.8 Å². The van der Waals surface area contributed by atoms with Gasteiger partial charge in [0.1, 0.15) is 24.8 Å². The van der Waals surface area contributed by atoms with Gasteiger partial charge in [-0.05, 0) is 18.6 Å². The highest BCUT2D eigenvalue weighted by Crippen LogP contribution is 2.32. The van der Waals surface area contributed by atoms with Crippen LogP contribution >= 0.6 is 0 Å². The van der Waals surface area contributed by atoms with Crippen LogP contribution < -0.4 is 19.5 Å². The van der Waals surface area contributed by atoms with Gasteiger partial charge in [-0.1, -0.05) is 0 Å². The second-order valence-corrected chi connectivity index (χ2v) is 8.86. The van der Waals surface area contributed by atoms with Crippen LogP contribution in [0.3, 0.4) is 0 Å². The summed E-state index contributed by atoms with van der Waals surface area (Å²) in [6.07, 6.45) is 1.12. The van der Waals surface area contributed by atoms with E-state index in [1.807, 2.05) is 0 Å². The molecule has 0 amide bonds. The Kier molecular flexibility index (Phi) is 6.94. The Morgan fingerprint density at radius 1 is 1.14 bits per heavy atom. The number of methoxy groups -OCH3 is 1. The van der Waals surface area contributed by atoms with E-state index in [2.05, 4.69) is 20.2 Å². The molecule has 8 nitrogen and oxygen atoms in total. The molecule has 1 fully saturated rings. The predicted octanol–water partition coefficient (Wildman–Crippen LogP) is 2.31. The summed E-state index contributed by atoms with van der Waals surface area (Å²) in [6.45, 7) is 3.40. The molecular formula is C25H28F2N4O4. The highest BCUT2D eigenvalue weighted by atomic mass is 19.1. The summed E-state index contributed by atoms with van der Waals surface area (Å²) in [5, 5.41) is 13.8. The van der Waals surface area contributed by atoms with Gasteiger partial charge in [-0.2, -0.15) is 0 Å². The van der Waals surface area contributed by atoms with Crippen LogP contribution in [-0.2, 0) is 13.0 Å².